The molecule has 4 heterocycles. The van der Waals surface area contributed by atoms with Gasteiger partial charge in [0.15, 0.2) is 0 Å². The molecule has 0 saturated carbocycles. The van der Waals surface area contributed by atoms with Crippen molar-refractivity contribution in [2.45, 2.75) is 57.5 Å². The van der Waals surface area contributed by atoms with Gasteiger partial charge in [-0.2, -0.15) is 0 Å². The third-order valence-electron chi connectivity index (χ3n) is 8.15. The summed E-state index contributed by atoms with van der Waals surface area (Å²) in [6.07, 6.45) is 6.33. The van der Waals surface area contributed by atoms with E-state index < -0.39 is 0 Å². The molecule has 0 spiro atoms. The van der Waals surface area contributed by atoms with Crippen LogP contribution < -0.4 is 10.1 Å². The minimum absolute atomic E-state index is 0.0106. The van der Waals surface area contributed by atoms with Crippen LogP contribution in [0.15, 0.2) is 18.2 Å². The highest BCUT2D eigenvalue weighted by molar-refractivity contribution is 5.90. The maximum atomic E-state index is 12.8. The molecular weight excluding hydrogens is 404 g/mol. The van der Waals surface area contributed by atoms with Crippen LogP contribution in [0, 0.1) is 18.8 Å². The Morgan fingerprint density at radius 1 is 1.12 bits per heavy atom. The zero-order valence-electron chi connectivity index (χ0n) is 19.4. The molecule has 4 aliphatic rings. The van der Waals surface area contributed by atoms with Gasteiger partial charge in [-0.15, -0.1) is 0 Å². The van der Waals surface area contributed by atoms with Crippen molar-refractivity contribution < 1.29 is 14.3 Å². The fourth-order valence-electron chi connectivity index (χ4n) is 6.48. The van der Waals surface area contributed by atoms with Crippen LogP contribution in [-0.2, 0) is 4.79 Å². The molecule has 1 N–H and O–H groups in total. The summed E-state index contributed by atoms with van der Waals surface area (Å²) in [5.74, 6) is 2.43. The average Bonchev–Trinajstić information content (AvgIpc) is 2.81. The maximum Gasteiger partial charge on any atom is 0.321 e. The molecule has 32 heavy (non-hydrogen) atoms. The van der Waals surface area contributed by atoms with Gasteiger partial charge in [0.05, 0.1) is 7.11 Å². The number of hydrogen-bond acceptors (Lipinski definition) is 4. The number of aryl methyl sites for hydroxylation is 1. The topological polar surface area (TPSA) is 65.1 Å². The van der Waals surface area contributed by atoms with E-state index in [0.717, 1.165) is 75.4 Å². The summed E-state index contributed by atoms with van der Waals surface area (Å²) in [6, 6.07) is 6.74. The smallest absolute Gasteiger partial charge is 0.321 e. The number of nitrogens with one attached hydrogen (secondary N) is 1. The summed E-state index contributed by atoms with van der Waals surface area (Å²) < 4.78 is 5.26. The zero-order chi connectivity index (χ0) is 22.2. The second-order valence-electron chi connectivity index (χ2n) is 10.2. The summed E-state index contributed by atoms with van der Waals surface area (Å²) in [6.45, 7) is 6.76. The lowest BCUT2D eigenvalue weighted by Crippen LogP contribution is -2.62. The quantitative estimate of drug-likeness (QED) is 0.783. The van der Waals surface area contributed by atoms with Crippen LogP contribution in [0.2, 0.25) is 0 Å². The molecule has 7 nitrogen and oxygen atoms in total. The SMILES string of the molecule is COc1ccc(NC(=O)N2CCC(N3C[C@H]4C[C@H](C3)[C@H]3CCCC(=O)N3C4)CC2)c(C)c1. The number of ether oxygens (including phenoxy) is 1. The molecule has 3 amide bonds. The standard InChI is InChI=1S/C25H36N4O3/c1-17-12-21(32-2)6-7-22(17)26-25(31)27-10-8-20(9-11-27)28-14-18-13-19(16-28)23-4-3-5-24(30)29(23)15-18/h6-7,12,18-20,23H,3-5,8-11,13-16H2,1-2H3,(H,26,31)/t18-,19-,23-/m1/s1. The molecule has 7 heteroatoms. The Morgan fingerprint density at radius 2 is 1.94 bits per heavy atom. The van der Waals surface area contributed by atoms with E-state index in [1.165, 1.54) is 12.8 Å². The number of piperidine rings is 4. The largest absolute Gasteiger partial charge is 0.497 e. The first kappa shape index (κ1) is 21.6. The van der Waals surface area contributed by atoms with Crippen LogP contribution in [0.5, 0.6) is 5.75 Å². The van der Waals surface area contributed by atoms with Gasteiger partial charge in [0.1, 0.15) is 5.75 Å². The molecule has 4 aliphatic heterocycles. The van der Waals surface area contributed by atoms with Crippen LogP contribution in [-0.4, -0.2) is 78.6 Å². The molecule has 0 unspecified atom stereocenters. The number of amides is 3. The van der Waals surface area contributed by atoms with Crippen molar-refractivity contribution in [1.29, 1.82) is 0 Å². The number of urea groups is 1. The molecule has 1 aromatic carbocycles. The van der Waals surface area contributed by atoms with Crippen LogP contribution >= 0.6 is 0 Å². The van der Waals surface area contributed by atoms with E-state index in [-0.39, 0.29) is 6.03 Å². The highest BCUT2D eigenvalue weighted by Gasteiger charge is 2.45. The predicted molar refractivity (Wildman–Crippen MR) is 124 cm³/mol. The van der Waals surface area contributed by atoms with Gasteiger partial charge < -0.3 is 19.9 Å². The second-order valence-corrected chi connectivity index (χ2v) is 10.2. The van der Waals surface area contributed by atoms with Crippen molar-refractivity contribution in [3.63, 3.8) is 0 Å². The summed E-state index contributed by atoms with van der Waals surface area (Å²) in [7, 11) is 1.65. The minimum Gasteiger partial charge on any atom is -0.497 e. The van der Waals surface area contributed by atoms with E-state index in [4.69, 9.17) is 4.74 Å². The van der Waals surface area contributed by atoms with E-state index in [0.29, 0.717) is 29.8 Å². The number of methoxy groups -OCH3 is 1. The molecule has 0 aliphatic carbocycles. The zero-order valence-corrected chi connectivity index (χ0v) is 19.4. The third kappa shape index (κ3) is 4.19. The van der Waals surface area contributed by atoms with E-state index in [9.17, 15) is 9.59 Å². The highest BCUT2D eigenvalue weighted by atomic mass is 16.5. The van der Waals surface area contributed by atoms with Crippen LogP contribution in [0.1, 0.15) is 44.1 Å². The van der Waals surface area contributed by atoms with Crippen molar-refractivity contribution in [3.8, 4) is 5.75 Å². The van der Waals surface area contributed by atoms with E-state index in [1.54, 1.807) is 7.11 Å². The van der Waals surface area contributed by atoms with Gasteiger partial charge in [-0.25, -0.2) is 4.79 Å². The van der Waals surface area contributed by atoms with E-state index in [1.807, 2.05) is 30.0 Å². The molecule has 0 aromatic heterocycles. The second kappa shape index (κ2) is 8.93. The number of benzene rings is 1. The number of hydrogen-bond donors (Lipinski definition) is 1. The number of nitrogens with zero attached hydrogens (tertiary/aromatic N) is 3. The van der Waals surface area contributed by atoms with Crippen LogP contribution in [0.3, 0.4) is 0 Å². The number of carbonyl (C=O) groups excluding carboxylic acids is 2. The van der Waals surface area contributed by atoms with Crippen molar-refractivity contribution in [2.24, 2.45) is 11.8 Å². The van der Waals surface area contributed by atoms with Gasteiger partial charge in [0.2, 0.25) is 5.91 Å². The lowest BCUT2D eigenvalue weighted by Gasteiger charge is -2.54. The molecular formula is C25H36N4O3. The van der Waals surface area contributed by atoms with Gasteiger partial charge in [-0.05, 0) is 74.6 Å². The highest BCUT2D eigenvalue weighted by Crippen LogP contribution is 2.39. The first-order valence-corrected chi connectivity index (χ1v) is 12.3. The Hall–Kier alpha value is -2.28. The fraction of sp³-hybridized carbons (Fsp3) is 0.680. The summed E-state index contributed by atoms with van der Waals surface area (Å²) in [4.78, 5) is 32.1. The Balaban J connectivity index is 1.15. The van der Waals surface area contributed by atoms with Gasteiger partial charge >= 0.3 is 6.03 Å². The number of fused-ring (bicyclic) bond motifs is 4. The molecule has 2 bridgehead atoms. The summed E-state index contributed by atoms with van der Waals surface area (Å²) in [5, 5.41) is 3.07. The molecule has 3 atom stereocenters. The number of anilines is 1. The van der Waals surface area contributed by atoms with E-state index >= 15 is 0 Å². The Morgan fingerprint density at radius 3 is 2.69 bits per heavy atom. The monoisotopic (exact) mass is 440 g/mol. The molecule has 1 aromatic rings. The lowest BCUT2D eigenvalue weighted by atomic mass is 9.75. The number of likely N-dealkylation sites (tertiary alicyclic amines) is 2. The molecule has 5 rings (SSSR count). The Kier molecular flexibility index (Phi) is 6.01. The van der Waals surface area contributed by atoms with Crippen molar-refractivity contribution in [3.05, 3.63) is 23.8 Å². The Bertz CT molecular complexity index is 867. The first-order chi connectivity index (χ1) is 15.5. The van der Waals surface area contributed by atoms with Gasteiger partial charge in [-0.1, -0.05) is 0 Å². The molecule has 0 radical (unpaired) electrons. The normalized spacial score (nSPS) is 28.9. The molecule has 4 fully saturated rings. The summed E-state index contributed by atoms with van der Waals surface area (Å²) >= 11 is 0. The van der Waals surface area contributed by atoms with Crippen LogP contribution in [0.4, 0.5) is 10.5 Å². The fourth-order valence-corrected chi connectivity index (χ4v) is 6.48. The van der Waals surface area contributed by atoms with Gasteiger partial charge in [0, 0.05) is 56.9 Å². The van der Waals surface area contributed by atoms with Crippen molar-refractivity contribution in [1.82, 2.24) is 14.7 Å². The number of carbonyl (C=O) groups is 2. The lowest BCUT2D eigenvalue weighted by molar-refractivity contribution is -0.145. The Labute approximate surface area is 191 Å². The van der Waals surface area contributed by atoms with Crippen molar-refractivity contribution >= 4 is 17.6 Å². The van der Waals surface area contributed by atoms with Crippen LogP contribution in [0.25, 0.3) is 0 Å². The first-order valence-electron chi connectivity index (χ1n) is 12.3. The van der Waals surface area contributed by atoms with Gasteiger partial charge in [-0.3, -0.25) is 9.69 Å². The number of rotatable bonds is 3. The molecule has 174 valence electrons. The average molecular weight is 441 g/mol. The predicted octanol–water partition coefficient (Wildman–Crippen LogP) is 3.33. The third-order valence-corrected chi connectivity index (χ3v) is 8.15. The van der Waals surface area contributed by atoms with Gasteiger partial charge in [0.25, 0.3) is 0 Å². The van der Waals surface area contributed by atoms with E-state index in [2.05, 4.69) is 15.1 Å². The maximum absolute atomic E-state index is 12.8. The molecule has 4 saturated heterocycles. The van der Waals surface area contributed by atoms with Crippen molar-refractivity contribution in [2.75, 3.05) is 45.2 Å². The summed E-state index contributed by atoms with van der Waals surface area (Å²) in [5.41, 5.74) is 1.84. The minimum atomic E-state index is -0.0106.